The summed E-state index contributed by atoms with van der Waals surface area (Å²) >= 11 is 4.59. The van der Waals surface area contributed by atoms with Crippen LogP contribution in [0.15, 0.2) is 23.9 Å². The van der Waals surface area contributed by atoms with Crippen molar-refractivity contribution in [1.82, 2.24) is 15.5 Å². The number of aryl methyl sites for hydroxylation is 1. The zero-order valence-electron chi connectivity index (χ0n) is 18.6. The topological polar surface area (TPSA) is 61.4 Å². The number of benzene rings is 1. The van der Waals surface area contributed by atoms with Gasteiger partial charge in [-0.1, -0.05) is 39.0 Å². The Kier molecular flexibility index (Phi) is 7.80. The largest absolute Gasteiger partial charge is 0.391 e. The number of carbonyl (C=O) groups excluding carboxylic acids is 2. The van der Waals surface area contributed by atoms with Gasteiger partial charge in [-0.25, -0.2) is 0 Å². The van der Waals surface area contributed by atoms with Crippen LogP contribution in [0.2, 0.25) is 0 Å². The first-order valence-electron chi connectivity index (χ1n) is 10.3. The van der Waals surface area contributed by atoms with E-state index in [2.05, 4.69) is 29.3 Å². The molecule has 1 aliphatic heterocycles. The number of likely N-dealkylation sites (tertiary alicyclic amines) is 1. The molecule has 1 aromatic carbocycles. The van der Waals surface area contributed by atoms with Gasteiger partial charge < -0.3 is 15.5 Å². The Bertz CT molecular complexity index is 796. The summed E-state index contributed by atoms with van der Waals surface area (Å²) in [5.74, 6) is 0.0118. The zero-order valence-corrected chi connectivity index (χ0v) is 19.5. The fourth-order valence-electron chi connectivity index (χ4n) is 3.57. The van der Waals surface area contributed by atoms with Crippen LogP contribution in [0.3, 0.4) is 0 Å². The van der Waals surface area contributed by atoms with Gasteiger partial charge in [0.15, 0.2) is 0 Å². The van der Waals surface area contributed by atoms with Crippen molar-refractivity contribution in [3.05, 3.63) is 40.6 Å². The van der Waals surface area contributed by atoms with Crippen LogP contribution in [-0.4, -0.2) is 36.3 Å². The molecule has 1 unspecified atom stereocenters. The maximum Gasteiger partial charge on any atom is 0.243 e. The van der Waals surface area contributed by atoms with Crippen molar-refractivity contribution >= 4 is 29.3 Å². The summed E-state index contributed by atoms with van der Waals surface area (Å²) in [6.07, 6.45) is 2.07. The smallest absolute Gasteiger partial charge is 0.243 e. The number of carbonyl (C=O) groups is 2. The first-order valence-corrected chi connectivity index (χ1v) is 10.7. The number of allylic oxidation sites excluding steroid dienone is 1. The summed E-state index contributed by atoms with van der Waals surface area (Å²) in [5, 5.41) is 6.15. The fraction of sp³-hybridized carbons (Fsp3) is 0.565. The van der Waals surface area contributed by atoms with E-state index < -0.39 is 0 Å². The Morgan fingerprint density at radius 3 is 2.55 bits per heavy atom. The number of hydrogen-bond acceptors (Lipinski definition) is 4. The highest BCUT2D eigenvalue weighted by Gasteiger charge is 2.35. The van der Waals surface area contributed by atoms with Gasteiger partial charge in [-0.15, -0.1) is 12.6 Å². The normalized spacial score (nSPS) is 17.8. The van der Waals surface area contributed by atoms with Gasteiger partial charge in [-0.05, 0) is 48.8 Å². The second-order valence-corrected chi connectivity index (χ2v) is 9.51. The van der Waals surface area contributed by atoms with Crippen molar-refractivity contribution in [2.24, 2.45) is 5.41 Å². The Morgan fingerprint density at radius 1 is 1.28 bits per heavy atom. The molecule has 1 heterocycles. The monoisotopic (exact) mass is 417 g/mol. The predicted octanol–water partition coefficient (Wildman–Crippen LogP) is 3.88. The van der Waals surface area contributed by atoms with Crippen LogP contribution in [0, 0.1) is 12.3 Å². The molecule has 2 rings (SSSR count). The summed E-state index contributed by atoms with van der Waals surface area (Å²) in [7, 11) is 1.88. The van der Waals surface area contributed by atoms with Crippen molar-refractivity contribution in [2.45, 2.75) is 66.5 Å². The first kappa shape index (κ1) is 23.3. The van der Waals surface area contributed by atoms with Gasteiger partial charge in [0, 0.05) is 37.2 Å². The molecule has 0 saturated carbocycles. The summed E-state index contributed by atoms with van der Waals surface area (Å²) in [5.41, 5.74) is 4.14. The van der Waals surface area contributed by atoms with Gasteiger partial charge in [-0.2, -0.15) is 0 Å². The van der Waals surface area contributed by atoms with E-state index >= 15 is 0 Å². The molecule has 1 aromatic rings. The van der Waals surface area contributed by atoms with Crippen molar-refractivity contribution in [3.63, 3.8) is 0 Å². The van der Waals surface area contributed by atoms with Gasteiger partial charge in [0.2, 0.25) is 11.8 Å². The molecule has 0 aromatic heterocycles. The molecular formula is C23H35N3O2S. The van der Waals surface area contributed by atoms with E-state index in [1.165, 1.54) is 0 Å². The molecule has 1 saturated heterocycles. The zero-order chi connectivity index (χ0) is 21.8. The highest BCUT2D eigenvalue weighted by molar-refractivity contribution is 7.90. The molecule has 29 heavy (non-hydrogen) atoms. The van der Waals surface area contributed by atoms with E-state index in [1.54, 1.807) is 4.90 Å². The van der Waals surface area contributed by atoms with Crippen molar-refractivity contribution in [3.8, 4) is 0 Å². The van der Waals surface area contributed by atoms with Gasteiger partial charge in [-0.3, -0.25) is 9.59 Å². The SMILES string of the molecule is CN/C(C)=C(\S)c1ccc(CNC(=O)C2CCCN2C(=O)CC(C)(C)C)c(C)c1. The van der Waals surface area contributed by atoms with Gasteiger partial charge in [0.1, 0.15) is 6.04 Å². The Labute approximate surface area is 180 Å². The van der Waals surface area contributed by atoms with Crippen molar-refractivity contribution in [1.29, 1.82) is 0 Å². The lowest BCUT2D eigenvalue weighted by Crippen LogP contribution is -2.46. The van der Waals surface area contributed by atoms with E-state index in [0.29, 0.717) is 19.5 Å². The van der Waals surface area contributed by atoms with E-state index in [0.717, 1.165) is 40.1 Å². The molecule has 2 amide bonds. The van der Waals surface area contributed by atoms with Crippen molar-refractivity contribution in [2.75, 3.05) is 13.6 Å². The minimum absolute atomic E-state index is 0.0611. The van der Waals surface area contributed by atoms with Crippen molar-refractivity contribution < 1.29 is 9.59 Å². The Hall–Kier alpha value is -1.95. The molecule has 6 heteroatoms. The average molecular weight is 418 g/mol. The van der Waals surface area contributed by atoms with Crippen LogP contribution in [-0.2, 0) is 16.1 Å². The minimum atomic E-state index is -0.352. The second kappa shape index (κ2) is 9.70. The molecule has 0 aliphatic carbocycles. The summed E-state index contributed by atoms with van der Waals surface area (Å²) < 4.78 is 0. The van der Waals surface area contributed by atoms with Crippen LogP contribution in [0.4, 0.5) is 0 Å². The maximum absolute atomic E-state index is 12.8. The molecule has 160 valence electrons. The number of rotatable bonds is 6. The molecule has 5 nitrogen and oxygen atoms in total. The highest BCUT2D eigenvalue weighted by Crippen LogP contribution is 2.26. The summed E-state index contributed by atoms with van der Waals surface area (Å²) in [6.45, 7) is 11.3. The van der Waals surface area contributed by atoms with E-state index in [1.807, 2.05) is 53.8 Å². The number of thiol groups is 1. The predicted molar refractivity (Wildman–Crippen MR) is 122 cm³/mol. The quantitative estimate of drug-likeness (QED) is 0.616. The lowest BCUT2D eigenvalue weighted by molar-refractivity contribution is -0.139. The van der Waals surface area contributed by atoms with E-state index in [4.69, 9.17) is 0 Å². The molecule has 1 atom stereocenters. The third-order valence-electron chi connectivity index (χ3n) is 5.36. The third-order valence-corrected chi connectivity index (χ3v) is 5.95. The van der Waals surface area contributed by atoms with Gasteiger partial charge >= 0.3 is 0 Å². The number of nitrogens with zero attached hydrogens (tertiary/aromatic N) is 1. The molecule has 1 aliphatic rings. The van der Waals surface area contributed by atoms with Gasteiger partial charge in [0.25, 0.3) is 0 Å². The Balaban J connectivity index is 2.02. The first-order chi connectivity index (χ1) is 13.5. The molecule has 1 fully saturated rings. The Morgan fingerprint density at radius 2 is 1.97 bits per heavy atom. The fourth-order valence-corrected chi connectivity index (χ4v) is 3.82. The number of nitrogens with one attached hydrogen (secondary N) is 2. The molecule has 2 N–H and O–H groups in total. The minimum Gasteiger partial charge on any atom is -0.391 e. The molecular weight excluding hydrogens is 382 g/mol. The molecule has 0 bridgehead atoms. The lowest BCUT2D eigenvalue weighted by Gasteiger charge is -2.27. The molecule has 0 radical (unpaired) electrons. The van der Waals surface area contributed by atoms with Crippen LogP contribution >= 0.6 is 12.6 Å². The number of hydrogen-bond donors (Lipinski definition) is 3. The van der Waals surface area contributed by atoms with E-state index in [9.17, 15) is 9.59 Å². The number of amides is 2. The summed E-state index contributed by atoms with van der Waals surface area (Å²) in [4.78, 5) is 28.1. The highest BCUT2D eigenvalue weighted by atomic mass is 32.1. The third kappa shape index (κ3) is 6.26. The lowest BCUT2D eigenvalue weighted by atomic mass is 9.91. The summed E-state index contributed by atoms with van der Waals surface area (Å²) in [6, 6.07) is 5.78. The van der Waals surface area contributed by atoms with Gasteiger partial charge in [0.05, 0.1) is 0 Å². The maximum atomic E-state index is 12.8. The molecule has 0 spiro atoms. The van der Waals surface area contributed by atoms with Crippen LogP contribution in [0.5, 0.6) is 0 Å². The van der Waals surface area contributed by atoms with E-state index in [-0.39, 0.29) is 23.3 Å². The second-order valence-electron chi connectivity index (χ2n) is 9.07. The van der Waals surface area contributed by atoms with Crippen LogP contribution in [0.25, 0.3) is 4.91 Å². The average Bonchev–Trinajstić information content (AvgIpc) is 3.14. The van der Waals surface area contributed by atoms with Crippen LogP contribution < -0.4 is 10.6 Å². The standard InChI is InChI=1S/C23H35N3O2S/c1-15-12-17(21(29)16(2)24-6)9-10-18(15)14-25-22(28)19-8-7-11-26(19)20(27)13-23(3,4)5/h9-10,12,19,24,29H,7-8,11,13-14H2,1-6H3,(H,25,28)/b21-16-. The van der Waals surface area contributed by atoms with Crippen LogP contribution in [0.1, 0.15) is 63.6 Å².